The summed E-state index contributed by atoms with van der Waals surface area (Å²) in [6.07, 6.45) is 0. The Morgan fingerprint density at radius 1 is 0.963 bits per heavy atom. The average molecular weight is 395 g/mol. The number of rotatable bonds is 5. The van der Waals surface area contributed by atoms with E-state index in [1.54, 1.807) is 24.3 Å². The van der Waals surface area contributed by atoms with Gasteiger partial charge in [-0.2, -0.15) is 4.31 Å². The van der Waals surface area contributed by atoms with Gasteiger partial charge in [0.15, 0.2) is 11.6 Å². The van der Waals surface area contributed by atoms with Gasteiger partial charge in [-0.15, -0.1) is 0 Å². The van der Waals surface area contributed by atoms with E-state index < -0.39 is 33.6 Å². The van der Waals surface area contributed by atoms with Gasteiger partial charge < -0.3 is 5.73 Å². The van der Waals surface area contributed by atoms with Crippen molar-refractivity contribution >= 4 is 15.9 Å². The van der Waals surface area contributed by atoms with Gasteiger partial charge in [0.05, 0.1) is 4.90 Å². The zero-order chi connectivity index (χ0) is 19.6. The second-order valence-corrected chi connectivity index (χ2v) is 8.17. The molecule has 144 valence electrons. The van der Waals surface area contributed by atoms with E-state index in [1.165, 1.54) is 4.31 Å². The van der Waals surface area contributed by atoms with E-state index in [0.717, 1.165) is 17.7 Å². The van der Waals surface area contributed by atoms with Crippen molar-refractivity contribution in [1.82, 2.24) is 9.21 Å². The highest BCUT2D eigenvalue weighted by Crippen LogP contribution is 2.25. The fourth-order valence-electron chi connectivity index (χ4n) is 3.18. The molecule has 1 aliphatic rings. The van der Waals surface area contributed by atoms with Crippen LogP contribution in [0.25, 0.3) is 0 Å². The third kappa shape index (κ3) is 4.00. The smallest absolute Gasteiger partial charge is 0.243 e. The lowest BCUT2D eigenvalue weighted by Crippen LogP contribution is -2.51. The summed E-state index contributed by atoms with van der Waals surface area (Å²) >= 11 is 0. The molecule has 2 N–H and O–H groups in total. The van der Waals surface area contributed by atoms with Crippen molar-refractivity contribution in [1.29, 1.82) is 0 Å². The molecule has 9 heteroatoms. The molecule has 1 atom stereocenters. The van der Waals surface area contributed by atoms with Crippen molar-refractivity contribution in [2.75, 3.05) is 26.2 Å². The van der Waals surface area contributed by atoms with Crippen LogP contribution in [-0.4, -0.2) is 49.7 Å². The zero-order valence-electron chi connectivity index (χ0n) is 14.4. The summed E-state index contributed by atoms with van der Waals surface area (Å²) in [7, 11) is -3.95. The summed E-state index contributed by atoms with van der Waals surface area (Å²) in [5.74, 6) is -2.84. The molecule has 1 amide bonds. The molecule has 1 fully saturated rings. The maximum atomic E-state index is 13.4. The molecule has 3 rings (SSSR count). The first-order chi connectivity index (χ1) is 12.8. The maximum Gasteiger partial charge on any atom is 0.243 e. The molecule has 2 aromatic carbocycles. The highest BCUT2D eigenvalue weighted by atomic mass is 32.2. The quantitative estimate of drug-likeness (QED) is 0.832. The maximum absolute atomic E-state index is 13.4. The van der Waals surface area contributed by atoms with Crippen molar-refractivity contribution in [3.63, 3.8) is 0 Å². The standard InChI is InChI=1S/C18H19F2N3O3S/c19-15-7-6-14(12-16(15)20)27(25,26)23-10-8-22(9-11-23)17(18(21)24)13-4-2-1-3-5-13/h1-7,12,17H,8-11H2,(H2,21,24). The predicted octanol–water partition coefficient (Wildman–Crippen LogP) is 1.50. The van der Waals surface area contributed by atoms with E-state index in [2.05, 4.69) is 0 Å². The Morgan fingerprint density at radius 2 is 1.59 bits per heavy atom. The molecule has 0 spiro atoms. The fraction of sp³-hybridized carbons (Fsp3) is 0.278. The van der Waals surface area contributed by atoms with Gasteiger partial charge in [0.2, 0.25) is 15.9 Å². The summed E-state index contributed by atoms with van der Waals surface area (Å²) < 4.78 is 53.0. The molecule has 27 heavy (non-hydrogen) atoms. The van der Waals surface area contributed by atoms with E-state index in [1.807, 2.05) is 11.0 Å². The van der Waals surface area contributed by atoms with Crippen LogP contribution in [0.4, 0.5) is 8.78 Å². The second kappa shape index (κ2) is 7.71. The van der Waals surface area contributed by atoms with Gasteiger partial charge >= 0.3 is 0 Å². The lowest BCUT2D eigenvalue weighted by atomic mass is 10.0. The van der Waals surface area contributed by atoms with Gasteiger partial charge in [0.25, 0.3) is 0 Å². The number of hydrogen-bond acceptors (Lipinski definition) is 4. The summed E-state index contributed by atoms with van der Waals surface area (Å²) in [6, 6.07) is 10.9. The van der Waals surface area contributed by atoms with Crippen LogP contribution in [0.3, 0.4) is 0 Å². The number of nitrogens with two attached hydrogens (primary N) is 1. The van der Waals surface area contributed by atoms with Crippen molar-refractivity contribution in [2.45, 2.75) is 10.9 Å². The first-order valence-corrected chi connectivity index (χ1v) is 9.78. The van der Waals surface area contributed by atoms with Crippen molar-refractivity contribution < 1.29 is 22.0 Å². The predicted molar refractivity (Wildman–Crippen MR) is 95.1 cm³/mol. The number of carbonyl (C=O) groups excluding carboxylic acids is 1. The van der Waals surface area contributed by atoms with Crippen LogP contribution in [-0.2, 0) is 14.8 Å². The van der Waals surface area contributed by atoms with Crippen LogP contribution < -0.4 is 5.73 Å². The minimum absolute atomic E-state index is 0.109. The minimum Gasteiger partial charge on any atom is -0.368 e. The molecule has 1 unspecified atom stereocenters. The Morgan fingerprint density at radius 3 is 2.15 bits per heavy atom. The first-order valence-electron chi connectivity index (χ1n) is 8.34. The van der Waals surface area contributed by atoms with E-state index in [-0.39, 0.29) is 31.1 Å². The number of hydrogen-bond donors (Lipinski definition) is 1. The Labute approximate surface area is 156 Å². The first kappa shape index (κ1) is 19.4. The summed E-state index contributed by atoms with van der Waals surface area (Å²) in [6.45, 7) is 0.784. The van der Waals surface area contributed by atoms with Crippen LogP contribution in [0, 0.1) is 11.6 Å². The van der Waals surface area contributed by atoms with E-state index in [4.69, 9.17) is 5.73 Å². The molecule has 0 bridgehead atoms. The second-order valence-electron chi connectivity index (χ2n) is 6.23. The van der Waals surface area contributed by atoms with Crippen molar-refractivity contribution in [3.8, 4) is 0 Å². The summed E-state index contributed by atoms with van der Waals surface area (Å²) in [5, 5.41) is 0. The highest BCUT2D eigenvalue weighted by Gasteiger charge is 2.33. The lowest BCUT2D eigenvalue weighted by Gasteiger charge is -2.37. The van der Waals surface area contributed by atoms with Gasteiger partial charge in [-0.25, -0.2) is 17.2 Å². The molecular weight excluding hydrogens is 376 g/mol. The number of benzene rings is 2. The summed E-state index contributed by atoms with van der Waals surface area (Å²) in [5.41, 5.74) is 6.29. The third-order valence-electron chi connectivity index (χ3n) is 4.55. The molecule has 0 aliphatic carbocycles. The van der Waals surface area contributed by atoms with Crippen LogP contribution in [0.2, 0.25) is 0 Å². The largest absolute Gasteiger partial charge is 0.368 e. The van der Waals surface area contributed by atoms with E-state index in [0.29, 0.717) is 6.07 Å². The molecule has 0 aromatic heterocycles. The number of halogens is 2. The molecule has 6 nitrogen and oxygen atoms in total. The molecule has 0 saturated carbocycles. The molecular formula is C18H19F2N3O3S. The molecule has 1 saturated heterocycles. The lowest BCUT2D eigenvalue weighted by molar-refractivity contribution is -0.124. The van der Waals surface area contributed by atoms with Gasteiger partial charge in [-0.1, -0.05) is 30.3 Å². The Bertz CT molecular complexity index is 930. The monoisotopic (exact) mass is 395 g/mol. The molecule has 0 radical (unpaired) electrons. The normalized spacial score (nSPS) is 17.6. The average Bonchev–Trinajstić information content (AvgIpc) is 2.65. The van der Waals surface area contributed by atoms with E-state index in [9.17, 15) is 22.0 Å². The SMILES string of the molecule is NC(=O)C(c1ccccc1)N1CCN(S(=O)(=O)c2ccc(F)c(F)c2)CC1. The van der Waals surface area contributed by atoms with Crippen LogP contribution >= 0.6 is 0 Å². The molecule has 1 aliphatic heterocycles. The number of piperazine rings is 1. The fourth-order valence-corrected chi connectivity index (χ4v) is 4.61. The number of nitrogens with zero attached hydrogens (tertiary/aromatic N) is 2. The number of primary amides is 1. The van der Waals surface area contributed by atoms with Crippen molar-refractivity contribution in [2.24, 2.45) is 5.73 Å². The minimum atomic E-state index is -3.95. The number of amides is 1. The molecule has 1 heterocycles. The third-order valence-corrected chi connectivity index (χ3v) is 6.45. The Hall–Kier alpha value is -2.36. The van der Waals surface area contributed by atoms with E-state index >= 15 is 0 Å². The topological polar surface area (TPSA) is 83.7 Å². The van der Waals surface area contributed by atoms with Gasteiger partial charge in [0, 0.05) is 26.2 Å². The highest BCUT2D eigenvalue weighted by molar-refractivity contribution is 7.89. The van der Waals surface area contributed by atoms with Gasteiger partial charge in [-0.05, 0) is 23.8 Å². The van der Waals surface area contributed by atoms with Gasteiger partial charge in [0.1, 0.15) is 6.04 Å². The summed E-state index contributed by atoms with van der Waals surface area (Å²) in [4.78, 5) is 13.5. The Kier molecular flexibility index (Phi) is 5.54. The number of carbonyl (C=O) groups is 1. The van der Waals surface area contributed by atoms with Crippen LogP contribution in [0.15, 0.2) is 53.4 Å². The van der Waals surface area contributed by atoms with Gasteiger partial charge in [-0.3, -0.25) is 9.69 Å². The zero-order valence-corrected chi connectivity index (χ0v) is 15.2. The van der Waals surface area contributed by atoms with Crippen molar-refractivity contribution in [3.05, 3.63) is 65.7 Å². The number of sulfonamides is 1. The Balaban J connectivity index is 1.76. The molecule has 2 aromatic rings. The van der Waals surface area contributed by atoms with Crippen LogP contribution in [0.5, 0.6) is 0 Å². The van der Waals surface area contributed by atoms with Crippen LogP contribution in [0.1, 0.15) is 11.6 Å².